The molecule has 3 heterocycles. The quantitative estimate of drug-likeness (QED) is 0.849. The van der Waals surface area contributed by atoms with Gasteiger partial charge in [-0.1, -0.05) is 0 Å². The maximum atomic E-state index is 12.9. The van der Waals surface area contributed by atoms with E-state index in [1.165, 1.54) is 0 Å². The van der Waals surface area contributed by atoms with Crippen LogP contribution in [0.15, 0.2) is 36.5 Å². The lowest BCUT2D eigenvalue weighted by atomic mass is 9.94. The van der Waals surface area contributed by atoms with E-state index in [-0.39, 0.29) is 5.91 Å². The van der Waals surface area contributed by atoms with E-state index in [0.29, 0.717) is 5.92 Å². The number of hydrogen-bond donors (Lipinski definition) is 0. The van der Waals surface area contributed by atoms with Crippen molar-refractivity contribution in [3.8, 4) is 0 Å². The number of hydrogen-bond acceptors (Lipinski definition) is 4. The second kappa shape index (κ2) is 7.50. The van der Waals surface area contributed by atoms with Crippen LogP contribution in [0.3, 0.4) is 0 Å². The SMILES string of the molecule is Cn1ccc([C@@H]2CCCN(C(=O)c3ccc(N4CCOCC4)cc3)C2)n1. The van der Waals surface area contributed by atoms with Gasteiger partial charge in [-0.3, -0.25) is 9.48 Å². The summed E-state index contributed by atoms with van der Waals surface area (Å²) in [6.45, 7) is 4.93. The first kappa shape index (κ1) is 17.1. The Morgan fingerprint density at radius 1 is 1.12 bits per heavy atom. The van der Waals surface area contributed by atoms with Crippen LogP contribution >= 0.6 is 0 Å². The number of morpholine rings is 1. The third-order valence-electron chi connectivity index (χ3n) is 5.35. The number of aromatic nitrogens is 2. The molecule has 1 aromatic heterocycles. The lowest BCUT2D eigenvalue weighted by Gasteiger charge is -2.32. The number of aryl methyl sites for hydroxylation is 1. The molecule has 1 amide bonds. The first-order chi connectivity index (χ1) is 12.7. The van der Waals surface area contributed by atoms with Crippen LogP contribution in [-0.2, 0) is 11.8 Å². The van der Waals surface area contributed by atoms with Gasteiger partial charge in [0.2, 0.25) is 0 Å². The Morgan fingerprint density at radius 3 is 2.58 bits per heavy atom. The monoisotopic (exact) mass is 354 g/mol. The standard InChI is InChI=1S/C20H26N4O2/c1-22-10-8-19(21-22)17-3-2-9-24(15-17)20(25)16-4-6-18(7-5-16)23-11-13-26-14-12-23/h4-8,10,17H,2-3,9,11-15H2,1H3/t17-/m1/s1. The molecule has 6 heteroatoms. The first-order valence-corrected chi connectivity index (χ1v) is 9.42. The number of benzene rings is 1. The van der Waals surface area contributed by atoms with E-state index in [1.807, 2.05) is 35.0 Å². The Morgan fingerprint density at radius 2 is 1.88 bits per heavy atom. The molecule has 0 bridgehead atoms. The number of piperidine rings is 1. The summed E-state index contributed by atoms with van der Waals surface area (Å²) in [5.41, 5.74) is 3.02. The molecule has 138 valence electrons. The summed E-state index contributed by atoms with van der Waals surface area (Å²) in [6.07, 6.45) is 4.09. The van der Waals surface area contributed by atoms with Crippen molar-refractivity contribution < 1.29 is 9.53 Å². The molecular formula is C20H26N4O2. The van der Waals surface area contributed by atoms with E-state index in [9.17, 15) is 4.79 Å². The Kier molecular flexibility index (Phi) is 4.93. The van der Waals surface area contributed by atoms with Crippen LogP contribution in [0.25, 0.3) is 0 Å². The van der Waals surface area contributed by atoms with Gasteiger partial charge in [0.25, 0.3) is 5.91 Å². The van der Waals surface area contributed by atoms with E-state index >= 15 is 0 Å². The zero-order chi connectivity index (χ0) is 17.9. The van der Waals surface area contributed by atoms with Crippen molar-refractivity contribution in [3.63, 3.8) is 0 Å². The predicted octanol–water partition coefficient (Wildman–Crippen LogP) is 2.28. The van der Waals surface area contributed by atoms with Gasteiger partial charge in [-0.05, 0) is 43.2 Å². The molecule has 0 aliphatic carbocycles. The highest BCUT2D eigenvalue weighted by Gasteiger charge is 2.26. The molecule has 2 aliphatic rings. The van der Waals surface area contributed by atoms with Crippen molar-refractivity contribution in [2.75, 3.05) is 44.3 Å². The van der Waals surface area contributed by atoms with Crippen LogP contribution in [-0.4, -0.2) is 60.0 Å². The molecule has 4 rings (SSSR count). The van der Waals surface area contributed by atoms with Crippen LogP contribution < -0.4 is 4.90 Å². The van der Waals surface area contributed by atoms with E-state index in [2.05, 4.69) is 28.2 Å². The lowest BCUT2D eigenvalue weighted by Crippen LogP contribution is -2.39. The Hall–Kier alpha value is -2.34. The van der Waals surface area contributed by atoms with Crippen molar-refractivity contribution in [2.45, 2.75) is 18.8 Å². The third-order valence-corrected chi connectivity index (χ3v) is 5.35. The number of carbonyl (C=O) groups is 1. The highest BCUT2D eigenvalue weighted by atomic mass is 16.5. The second-order valence-corrected chi connectivity index (χ2v) is 7.15. The summed E-state index contributed by atoms with van der Waals surface area (Å²) in [4.78, 5) is 17.2. The van der Waals surface area contributed by atoms with Gasteiger partial charge in [0.05, 0.1) is 18.9 Å². The smallest absolute Gasteiger partial charge is 0.253 e. The van der Waals surface area contributed by atoms with Crippen LogP contribution in [0, 0.1) is 0 Å². The fourth-order valence-corrected chi connectivity index (χ4v) is 3.87. The van der Waals surface area contributed by atoms with Crippen molar-refractivity contribution in [3.05, 3.63) is 47.8 Å². The number of carbonyl (C=O) groups excluding carboxylic acids is 1. The van der Waals surface area contributed by atoms with Crippen molar-refractivity contribution in [1.29, 1.82) is 0 Å². The average Bonchev–Trinajstić information content (AvgIpc) is 3.15. The highest BCUT2D eigenvalue weighted by Crippen LogP contribution is 2.27. The van der Waals surface area contributed by atoms with Gasteiger partial charge in [0.1, 0.15) is 0 Å². The second-order valence-electron chi connectivity index (χ2n) is 7.15. The number of ether oxygens (including phenoxy) is 1. The normalized spacial score (nSPS) is 21.0. The minimum Gasteiger partial charge on any atom is -0.378 e. The summed E-state index contributed by atoms with van der Waals surface area (Å²) >= 11 is 0. The fraction of sp³-hybridized carbons (Fsp3) is 0.500. The summed E-state index contributed by atoms with van der Waals surface area (Å²) in [5.74, 6) is 0.459. The average molecular weight is 354 g/mol. The van der Waals surface area contributed by atoms with E-state index < -0.39 is 0 Å². The Balaban J connectivity index is 1.43. The maximum absolute atomic E-state index is 12.9. The molecule has 2 aromatic rings. The van der Waals surface area contributed by atoms with Crippen molar-refractivity contribution in [1.82, 2.24) is 14.7 Å². The molecule has 0 saturated carbocycles. The van der Waals surface area contributed by atoms with Gasteiger partial charge in [0.15, 0.2) is 0 Å². The topological polar surface area (TPSA) is 50.6 Å². The largest absolute Gasteiger partial charge is 0.378 e. The predicted molar refractivity (Wildman–Crippen MR) is 101 cm³/mol. The number of anilines is 1. The Labute approximate surface area is 154 Å². The Bertz CT molecular complexity index is 749. The van der Waals surface area contributed by atoms with E-state index in [4.69, 9.17) is 4.74 Å². The van der Waals surface area contributed by atoms with Crippen LogP contribution in [0.4, 0.5) is 5.69 Å². The van der Waals surface area contributed by atoms with Crippen LogP contribution in [0.2, 0.25) is 0 Å². The molecular weight excluding hydrogens is 328 g/mol. The number of likely N-dealkylation sites (tertiary alicyclic amines) is 1. The summed E-state index contributed by atoms with van der Waals surface area (Å²) in [7, 11) is 1.94. The molecule has 1 atom stereocenters. The zero-order valence-electron chi connectivity index (χ0n) is 15.3. The minimum absolute atomic E-state index is 0.124. The van der Waals surface area contributed by atoms with Crippen LogP contribution in [0.5, 0.6) is 0 Å². The fourth-order valence-electron chi connectivity index (χ4n) is 3.87. The molecule has 2 aliphatic heterocycles. The van der Waals surface area contributed by atoms with Gasteiger partial charge in [-0.15, -0.1) is 0 Å². The molecule has 0 N–H and O–H groups in total. The number of rotatable bonds is 3. The first-order valence-electron chi connectivity index (χ1n) is 9.42. The molecule has 0 radical (unpaired) electrons. The lowest BCUT2D eigenvalue weighted by molar-refractivity contribution is 0.0705. The van der Waals surface area contributed by atoms with Gasteiger partial charge < -0.3 is 14.5 Å². The third kappa shape index (κ3) is 3.60. The van der Waals surface area contributed by atoms with Crippen molar-refractivity contribution >= 4 is 11.6 Å². The van der Waals surface area contributed by atoms with Crippen molar-refractivity contribution in [2.24, 2.45) is 7.05 Å². The summed E-state index contributed by atoms with van der Waals surface area (Å²) in [6, 6.07) is 10.1. The van der Waals surface area contributed by atoms with Gasteiger partial charge in [0, 0.05) is 56.6 Å². The minimum atomic E-state index is 0.124. The molecule has 2 fully saturated rings. The number of nitrogens with zero attached hydrogens (tertiary/aromatic N) is 4. The van der Waals surface area contributed by atoms with Crippen LogP contribution in [0.1, 0.15) is 34.8 Å². The number of amides is 1. The summed E-state index contributed by atoms with van der Waals surface area (Å²) < 4.78 is 7.24. The van der Waals surface area contributed by atoms with Gasteiger partial charge in [-0.2, -0.15) is 5.10 Å². The van der Waals surface area contributed by atoms with Gasteiger partial charge >= 0.3 is 0 Å². The molecule has 6 nitrogen and oxygen atoms in total. The molecule has 2 saturated heterocycles. The van der Waals surface area contributed by atoms with Gasteiger partial charge in [-0.25, -0.2) is 0 Å². The summed E-state index contributed by atoms with van der Waals surface area (Å²) in [5, 5.41) is 4.53. The molecule has 1 aromatic carbocycles. The molecule has 0 spiro atoms. The zero-order valence-corrected chi connectivity index (χ0v) is 15.3. The van der Waals surface area contributed by atoms with E-state index in [0.717, 1.165) is 69.2 Å². The molecule has 26 heavy (non-hydrogen) atoms. The molecule has 0 unspecified atom stereocenters. The van der Waals surface area contributed by atoms with E-state index in [1.54, 1.807) is 0 Å². The maximum Gasteiger partial charge on any atom is 0.253 e. The highest BCUT2D eigenvalue weighted by molar-refractivity contribution is 5.94.